The van der Waals surface area contributed by atoms with Crippen molar-refractivity contribution < 1.29 is 0 Å². The van der Waals surface area contributed by atoms with E-state index in [9.17, 15) is 0 Å². The zero-order valence-electron chi connectivity index (χ0n) is 11.2. The molecule has 1 aliphatic heterocycles. The van der Waals surface area contributed by atoms with E-state index in [0.29, 0.717) is 0 Å². The van der Waals surface area contributed by atoms with Gasteiger partial charge in [0.1, 0.15) is 5.82 Å². The number of hydrogen-bond acceptors (Lipinski definition) is 4. The Morgan fingerprint density at radius 1 is 1.40 bits per heavy atom. The average molecular weight is 306 g/mol. The molecule has 1 aliphatic rings. The van der Waals surface area contributed by atoms with E-state index in [1.165, 1.54) is 6.42 Å². The first-order valence-corrected chi connectivity index (χ1v) is 7.91. The highest BCUT2D eigenvalue weighted by atomic mass is 35.5. The fraction of sp³-hybridized carbons (Fsp3) is 0.267. The number of allylic oxidation sites excluding steroid dienone is 1. The molecule has 20 heavy (non-hydrogen) atoms. The third-order valence-electron chi connectivity index (χ3n) is 3.24. The van der Waals surface area contributed by atoms with E-state index in [2.05, 4.69) is 33.1 Å². The number of hydrogen-bond donors (Lipinski definition) is 2. The van der Waals surface area contributed by atoms with E-state index in [1.807, 2.05) is 19.1 Å². The van der Waals surface area contributed by atoms with E-state index in [0.717, 1.165) is 45.8 Å². The van der Waals surface area contributed by atoms with Gasteiger partial charge in [-0.2, -0.15) is 0 Å². The zero-order valence-corrected chi connectivity index (χ0v) is 12.8. The molecule has 0 amide bonds. The van der Waals surface area contributed by atoms with Crippen LogP contribution in [-0.2, 0) is 0 Å². The summed E-state index contributed by atoms with van der Waals surface area (Å²) in [7, 11) is 0. The summed E-state index contributed by atoms with van der Waals surface area (Å²) in [5.41, 5.74) is 3.15. The second kappa shape index (κ2) is 5.85. The summed E-state index contributed by atoms with van der Waals surface area (Å²) in [6.45, 7) is 3.03. The van der Waals surface area contributed by atoms with Crippen LogP contribution < -0.4 is 10.6 Å². The van der Waals surface area contributed by atoms with Crippen LogP contribution in [0.15, 0.2) is 35.5 Å². The molecule has 2 N–H and O–H groups in total. The summed E-state index contributed by atoms with van der Waals surface area (Å²) >= 11 is 7.67. The third-order valence-corrected chi connectivity index (χ3v) is 4.43. The maximum absolute atomic E-state index is 6.06. The number of rotatable bonds is 3. The lowest BCUT2D eigenvalue weighted by molar-refractivity contribution is 0.693. The van der Waals surface area contributed by atoms with Crippen LogP contribution in [0.25, 0.3) is 11.3 Å². The lowest BCUT2D eigenvalue weighted by Crippen LogP contribution is -2.23. The van der Waals surface area contributed by atoms with Gasteiger partial charge in [-0.25, -0.2) is 4.98 Å². The molecule has 2 heterocycles. The quantitative estimate of drug-likeness (QED) is 0.882. The van der Waals surface area contributed by atoms with E-state index >= 15 is 0 Å². The molecule has 0 bridgehead atoms. The van der Waals surface area contributed by atoms with Gasteiger partial charge in [0.05, 0.1) is 5.69 Å². The Labute approximate surface area is 127 Å². The van der Waals surface area contributed by atoms with Crippen molar-refractivity contribution in [2.24, 2.45) is 0 Å². The monoisotopic (exact) mass is 305 g/mol. The fourth-order valence-electron chi connectivity index (χ4n) is 2.12. The second-order valence-electron chi connectivity index (χ2n) is 4.81. The summed E-state index contributed by atoms with van der Waals surface area (Å²) in [5.74, 6) is 1.06. The summed E-state index contributed by atoms with van der Waals surface area (Å²) in [6, 6.07) is 6.00. The van der Waals surface area contributed by atoms with Gasteiger partial charge in [0.2, 0.25) is 0 Å². The molecule has 0 radical (unpaired) electrons. The van der Waals surface area contributed by atoms with Crippen LogP contribution in [0.5, 0.6) is 0 Å². The van der Waals surface area contributed by atoms with Crippen molar-refractivity contribution in [2.75, 3.05) is 11.9 Å². The minimum absolute atomic E-state index is 0.791. The number of aryl methyl sites for hydroxylation is 1. The van der Waals surface area contributed by atoms with Crippen molar-refractivity contribution in [3.63, 3.8) is 0 Å². The Kier molecular flexibility index (Phi) is 3.94. The molecule has 3 rings (SSSR count). The van der Waals surface area contributed by atoms with E-state index < -0.39 is 0 Å². The highest BCUT2D eigenvalue weighted by Gasteiger charge is 2.08. The first-order chi connectivity index (χ1) is 9.72. The lowest BCUT2D eigenvalue weighted by atomic mass is 10.1. The standard InChI is InChI=1S/C15H16ClN3S/c1-10-8-11(5-6-12(10)16)13-9-20-15(18-13)19-14-4-2-3-7-17-14/h4-6,8-9,17H,2-3,7H2,1H3,(H,18,19). The molecule has 3 nitrogen and oxygen atoms in total. The van der Waals surface area contributed by atoms with Gasteiger partial charge in [0.25, 0.3) is 0 Å². The predicted molar refractivity (Wildman–Crippen MR) is 86.2 cm³/mol. The Bertz CT molecular complexity index is 648. The van der Waals surface area contributed by atoms with E-state index in [-0.39, 0.29) is 0 Å². The smallest absolute Gasteiger partial charge is 0.188 e. The fourth-order valence-corrected chi connectivity index (χ4v) is 2.97. The molecule has 2 aromatic rings. The number of nitrogens with zero attached hydrogens (tertiary/aromatic N) is 1. The Balaban J connectivity index is 1.79. The minimum atomic E-state index is 0.791. The first-order valence-electron chi connectivity index (χ1n) is 6.65. The number of halogens is 1. The topological polar surface area (TPSA) is 37.0 Å². The second-order valence-corrected chi connectivity index (χ2v) is 6.08. The van der Waals surface area contributed by atoms with Gasteiger partial charge in [0.15, 0.2) is 5.13 Å². The van der Waals surface area contributed by atoms with Crippen LogP contribution in [0.3, 0.4) is 0 Å². The van der Waals surface area contributed by atoms with Crippen molar-refractivity contribution >= 4 is 28.1 Å². The molecule has 0 atom stereocenters. The van der Waals surface area contributed by atoms with Crippen molar-refractivity contribution in [3.8, 4) is 11.3 Å². The van der Waals surface area contributed by atoms with Crippen LogP contribution >= 0.6 is 22.9 Å². The van der Waals surface area contributed by atoms with E-state index in [4.69, 9.17) is 11.6 Å². The number of aromatic nitrogens is 1. The number of nitrogens with one attached hydrogen (secondary N) is 2. The van der Waals surface area contributed by atoms with Gasteiger partial charge in [-0.15, -0.1) is 11.3 Å². The Morgan fingerprint density at radius 3 is 3.05 bits per heavy atom. The first kappa shape index (κ1) is 13.5. The van der Waals surface area contributed by atoms with Gasteiger partial charge in [0, 0.05) is 22.5 Å². The van der Waals surface area contributed by atoms with Crippen molar-refractivity contribution in [3.05, 3.63) is 46.1 Å². The molecular weight excluding hydrogens is 290 g/mol. The normalized spacial score (nSPS) is 14.6. The molecule has 0 unspecified atom stereocenters. The number of thiazole rings is 1. The van der Waals surface area contributed by atoms with Crippen molar-refractivity contribution in [2.45, 2.75) is 19.8 Å². The molecule has 104 valence electrons. The van der Waals surface area contributed by atoms with Crippen molar-refractivity contribution in [1.29, 1.82) is 0 Å². The maximum Gasteiger partial charge on any atom is 0.188 e. The molecule has 5 heteroatoms. The van der Waals surface area contributed by atoms with Gasteiger partial charge >= 0.3 is 0 Å². The number of benzene rings is 1. The van der Waals surface area contributed by atoms with Crippen LogP contribution in [0.2, 0.25) is 5.02 Å². The molecule has 0 fully saturated rings. The highest BCUT2D eigenvalue weighted by molar-refractivity contribution is 7.14. The maximum atomic E-state index is 6.06. The van der Waals surface area contributed by atoms with Crippen molar-refractivity contribution in [1.82, 2.24) is 10.3 Å². The van der Waals surface area contributed by atoms with Gasteiger partial charge < -0.3 is 10.6 Å². The van der Waals surface area contributed by atoms with Gasteiger partial charge in [-0.05, 0) is 43.5 Å². The number of anilines is 1. The summed E-state index contributed by atoms with van der Waals surface area (Å²) in [6.07, 6.45) is 4.49. The van der Waals surface area contributed by atoms with Crippen LogP contribution in [0.4, 0.5) is 5.13 Å². The largest absolute Gasteiger partial charge is 0.372 e. The SMILES string of the molecule is Cc1cc(-c2csc(NC3=CCCCN3)n2)ccc1Cl. The van der Waals surface area contributed by atoms with Crippen LogP contribution in [0.1, 0.15) is 18.4 Å². The third kappa shape index (κ3) is 2.97. The van der Waals surface area contributed by atoms with Crippen LogP contribution in [0, 0.1) is 6.92 Å². The Hall–Kier alpha value is -1.52. The molecule has 0 saturated carbocycles. The molecule has 0 spiro atoms. The molecule has 1 aromatic carbocycles. The van der Waals surface area contributed by atoms with Crippen LogP contribution in [-0.4, -0.2) is 11.5 Å². The molecule has 1 aromatic heterocycles. The summed E-state index contributed by atoms with van der Waals surface area (Å²) in [4.78, 5) is 4.63. The summed E-state index contributed by atoms with van der Waals surface area (Å²) in [5, 5.41) is 10.4. The van der Waals surface area contributed by atoms with Gasteiger partial charge in [-0.1, -0.05) is 17.7 Å². The van der Waals surface area contributed by atoms with E-state index in [1.54, 1.807) is 11.3 Å². The zero-order chi connectivity index (χ0) is 13.9. The molecule has 0 saturated heterocycles. The van der Waals surface area contributed by atoms with Gasteiger partial charge in [-0.3, -0.25) is 0 Å². The minimum Gasteiger partial charge on any atom is -0.372 e. The lowest BCUT2D eigenvalue weighted by Gasteiger charge is -2.15. The highest BCUT2D eigenvalue weighted by Crippen LogP contribution is 2.28. The molecule has 0 aliphatic carbocycles. The average Bonchev–Trinajstić information content (AvgIpc) is 2.91. The predicted octanol–water partition coefficient (Wildman–Crippen LogP) is 4.41. The summed E-state index contributed by atoms with van der Waals surface area (Å²) < 4.78 is 0. The Morgan fingerprint density at radius 2 is 2.30 bits per heavy atom. The molecular formula is C15H16ClN3S.